The highest BCUT2D eigenvalue weighted by molar-refractivity contribution is 5.79. The van der Waals surface area contributed by atoms with Crippen molar-refractivity contribution in [1.29, 1.82) is 0 Å². The SMILES string of the molecule is Cc1cccc(-c2cnc(N3CCC(C(=O)NCCc4ccccc4)CC3)nc2)c1. The molecule has 154 valence electrons. The Labute approximate surface area is 178 Å². The molecule has 1 fully saturated rings. The topological polar surface area (TPSA) is 58.1 Å². The first-order valence-electron chi connectivity index (χ1n) is 10.6. The van der Waals surface area contributed by atoms with Gasteiger partial charge < -0.3 is 10.2 Å². The normalized spacial score (nSPS) is 14.5. The fourth-order valence-corrected chi connectivity index (χ4v) is 3.92. The first-order valence-corrected chi connectivity index (χ1v) is 10.6. The Balaban J connectivity index is 1.26. The summed E-state index contributed by atoms with van der Waals surface area (Å²) in [7, 11) is 0. The molecule has 0 radical (unpaired) electrons. The molecule has 4 rings (SSSR count). The zero-order valence-corrected chi connectivity index (χ0v) is 17.4. The third-order valence-electron chi connectivity index (χ3n) is 5.69. The summed E-state index contributed by atoms with van der Waals surface area (Å²) in [4.78, 5) is 23.8. The van der Waals surface area contributed by atoms with E-state index in [1.807, 2.05) is 36.7 Å². The van der Waals surface area contributed by atoms with Crippen LogP contribution >= 0.6 is 0 Å². The molecule has 1 aliphatic rings. The summed E-state index contributed by atoms with van der Waals surface area (Å²) in [6, 6.07) is 18.6. The summed E-state index contributed by atoms with van der Waals surface area (Å²) in [6.45, 7) is 4.38. The van der Waals surface area contributed by atoms with E-state index in [1.165, 1.54) is 11.1 Å². The highest BCUT2D eigenvalue weighted by Gasteiger charge is 2.25. The predicted molar refractivity (Wildman–Crippen MR) is 120 cm³/mol. The Bertz CT molecular complexity index is 964. The van der Waals surface area contributed by atoms with Gasteiger partial charge in [0.05, 0.1) is 0 Å². The van der Waals surface area contributed by atoms with Crippen LogP contribution in [0.25, 0.3) is 11.1 Å². The Morgan fingerprint density at radius 2 is 1.73 bits per heavy atom. The number of nitrogens with zero attached hydrogens (tertiary/aromatic N) is 3. The molecule has 0 atom stereocenters. The average molecular weight is 401 g/mol. The van der Waals surface area contributed by atoms with Crippen molar-refractivity contribution in [2.75, 3.05) is 24.5 Å². The molecule has 0 unspecified atom stereocenters. The van der Waals surface area contributed by atoms with E-state index in [2.05, 4.69) is 57.4 Å². The van der Waals surface area contributed by atoms with E-state index in [0.717, 1.165) is 49.4 Å². The highest BCUT2D eigenvalue weighted by atomic mass is 16.1. The maximum Gasteiger partial charge on any atom is 0.225 e. The Morgan fingerprint density at radius 3 is 2.43 bits per heavy atom. The van der Waals surface area contributed by atoms with Crippen molar-refractivity contribution in [3.8, 4) is 11.1 Å². The molecule has 30 heavy (non-hydrogen) atoms. The van der Waals surface area contributed by atoms with Gasteiger partial charge in [-0.3, -0.25) is 4.79 Å². The van der Waals surface area contributed by atoms with Crippen molar-refractivity contribution < 1.29 is 4.79 Å². The number of aromatic nitrogens is 2. The van der Waals surface area contributed by atoms with E-state index in [9.17, 15) is 4.79 Å². The van der Waals surface area contributed by atoms with Crippen LogP contribution in [0, 0.1) is 12.8 Å². The number of aryl methyl sites for hydroxylation is 1. The van der Waals surface area contributed by atoms with Crippen molar-refractivity contribution in [3.05, 3.63) is 78.1 Å². The molecule has 1 aliphatic heterocycles. The van der Waals surface area contributed by atoms with Crippen LogP contribution in [-0.4, -0.2) is 35.5 Å². The minimum Gasteiger partial charge on any atom is -0.356 e. The lowest BCUT2D eigenvalue weighted by Crippen LogP contribution is -2.41. The molecular formula is C25H28N4O. The number of amides is 1. The smallest absolute Gasteiger partial charge is 0.225 e. The largest absolute Gasteiger partial charge is 0.356 e. The standard InChI is InChI=1S/C25H28N4O/c1-19-6-5-9-22(16-19)23-17-27-25(28-18-23)29-14-11-21(12-15-29)24(30)26-13-10-20-7-3-2-4-8-20/h2-9,16-18,21H,10-15H2,1H3,(H,26,30). The first-order chi connectivity index (χ1) is 14.7. The number of piperidine rings is 1. The second kappa shape index (κ2) is 9.53. The summed E-state index contributed by atoms with van der Waals surface area (Å²) in [5.74, 6) is 0.985. The average Bonchev–Trinajstić information content (AvgIpc) is 2.80. The molecule has 1 amide bonds. The molecule has 0 bridgehead atoms. The lowest BCUT2D eigenvalue weighted by molar-refractivity contribution is -0.125. The number of anilines is 1. The van der Waals surface area contributed by atoms with Gasteiger partial charge in [0.2, 0.25) is 11.9 Å². The van der Waals surface area contributed by atoms with E-state index in [0.29, 0.717) is 6.54 Å². The van der Waals surface area contributed by atoms with Crippen LogP contribution in [-0.2, 0) is 11.2 Å². The number of carbonyl (C=O) groups excluding carboxylic acids is 1. The number of hydrogen-bond donors (Lipinski definition) is 1. The van der Waals surface area contributed by atoms with Gasteiger partial charge in [0, 0.05) is 43.5 Å². The summed E-state index contributed by atoms with van der Waals surface area (Å²) >= 11 is 0. The molecule has 0 aliphatic carbocycles. The zero-order valence-electron chi connectivity index (χ0n) is 17.4. The van der Waals surface area contributed by atoms with Crippen LogP contribution in [0.3, 0.4) is 0 Å². The van der Waals surface area contributed by atoms with Crippen molar-refractivity contribution >= 4 is 11.9 Å². The second-order valence-corrected chi connectivity index (χ2v) is 7.93. The van der Waals surface area contributed by atoms with Crippen LogP contribution in [0.5, 0.6) is 0 Å². The molecule has 2 aromatic carbocycles. The van der Waals surface area contributed by atoms with E-state index < -0.39 is 0 Å². The summed E-state index contributed by atoms with van der Waals surface area (Å²) < 4.78 is 0. The van der Waals surface area contributed by atoms with Crippen LogP contribution < -0.4 is 10.2 Å². The fourth-order valence-electron chi connectivity index (χ4n) is 3.92. The third kappa shape index (κ3) is 5.03. The Morgan fingerprint density at radius 1 is 1.00 bits per heavy atom. The zero-order chi connectivity index (χ0) is 20.8. The number of hydrogen-bond acceptors (Lipinski definition) is 4. The highest BCUT2D eigenvalue weighted by Crippen LogP contribution is 2.23. The van der Waals surface area contributed by atoms with Crippen molar-refractivity contribution in [2.45, 2.75) is 26.2 Å². The van der Waals surface area contributed by atoms with E-state index in [1.54, 1.807) is 0 Å². The molecule has 0 saturated carbocycles. The van der Waals surface area contributed by atoms with Gasteiger partial charge in [-0.05, 0) is 37.3 Å². The van der Waals surface area contributed by atoms with Crippen LogP contribution in [0.2, 0.25) is 0 Å². The van der Waals surface area contributed by atoms with Gasteiger partial charge >= 0.3 is 0 Å². The van der Waals surface area contributed by atoms with E-state index >= 15 is 0 Å². The molecule has 1 saturated heterocycles. The van der Waals surface area contributed by atoms with Gasteiger partial charge in [0.15, 0.2) is 0 Å². The third-order valence-corrected chi connectivity index (χ3v) is 5.69. The molecule has 1 aromatic heterocycles. The van der Waals surface area contributed by atoms with Crippen LogP contribution in [0.4, 0.5) is 5.95 Å². The van der Waals surface area contributed by atoms with Gasteiger partial charge in [-0.15, -0.1) is 0 Å². The minimum atomic E-state index is 0.0728. The molecule has 1 N–H and O–H groups in total. The van der Waals surface area contributed by atoms with Crippen molar-refractivity contribution in [3.63, 3.8) is 0 Å². The Kier molecular flexibility index (Phi) is 6.38. The van der Waals surface area contributed by atoms with Crippen LogP contribution in [0.15, 0.2) is 67.0 Å². The van der Waals surface area contributed by atoms with E-state index in [-0.39, 0.29) is 11.8 Å². The van der Waals surface area contributed by atoms with Crippen molar-refractivity contribution in [2.24, 2.45) is 5.92 Å². The van der Waals surface area contributed by atoms with Gasteiger partial charge in [-0.2, -0.15) is 0 Å². The summed E-state index contributed by atoms with van der Waals surface area (Å²) in [5.41, 5.74) is 4.63. The number of carbonyl (C=O) groups is 1. The molecule has 2 heterocycles. The van der Waals surface area contributed by atoms with Gasteiger partial charge in [-0.1, -0.05) is 60.2 Å². The maximum absolute atomic E-state index is 12.5. The van der Waals surface area contributed by atoms with E-state index in [4.69, 9.17) is 0 Å². The lowest BCUT2D eigenvalue weighted by atomic mass is 9.96. The predicted octanol–water partition coefficient (Wildman–Crippen LogP) is 4.03. The number of nitrogens with one attached hydrogen (secondary N) is 1. The number of benzene rings is 2. The minimum absolute atomic E-state index is 0.0728. The molecular weight excluding hydrogens is 372 g/mol. The molecule has 5 nitrogen and oxygen atoms in total. The van der Waals surface area contributed by atoms with Gasteiger partial charge in [0.1, 0.15) is 0 Å². The van der Waals surface area contributed by atoms with Crippen LogP contribution in [0.1, 0.15) is 24.0 Å². The maximum atomic E-state index is 12.5. The molecule has 5 heteroatoms. The first kappa shape index (κ1) is 20.1. The molecule has 0 spiro atoms. The molecule has 3 aromatic rings. The van der Waals surface area contributed by atoms with Gasteiger partial charge in [-0.25, -0.2) is 9.97 Å². The quantitative estimate of drug-likeness (QED) is 0.679. The summed E-state index contributed by atoms with van der Waals surface area (Å²) in [5, 5.41) is 3.10. The second-order valence-electron chi connectivity index (χ2n) is 7.93. The monoisotopic (exact) mass is 400 g/mol. The summed E-state index contributed by atoms with van der Waals surface area (Å²) in [6.07, 6.45) is 6.31. The Hall–Kier alpha value is -3.21. The van der Waals surface area contributed by atoms with Gasteiger partial charge in [0.25, 0.3) is 0 Å². The van der Waals surface area contributed by atoms with Crippen molar-refractivity contribution in [1.82, 2.24) is 15.3 Å². The fraction of sp³-hybridized carbons (Fsp3) is 0.320. The number of rotatable bonds is 6. The lowest BCUT2D eigenvalue weighted by Gasteiger charge is -2.31.